The number of nitrogens with zero attached hydrogens (tertiary/aromatic N) is 2. The molecule has 0 bridgehead atoms. The van der Waals surface area contributed by atoms with Gasteiger partial charge in [0.2, 0.25) is 0 Å². The zero-order valence-corrected chi connectivity index (χ0v) is 17.3. The molecule has 3 aromatic rings. The molecule has 0 N–H and O–H groups in total. The Kier molecular flexibility index (Phi) is 5.03. The average molecular weight is 460 g/mol. The summed E-state index contributed by atoms with van der Waals surface area (Å²) in [5, 5.41) is 1.85. The van der Waals surface area contributed by atoms with Crippen LogP contribution in [0.1, 0.15) is 15.9 Å². The second-order valence-corrected chi connectivity index (χ2v) is 7.44. The highest BCUT2D eigenvalue weighted by Gasteiger charge is 2.26. The van der Waals surface area contributed by atoms with Crippen molar-refractivity contribution in [1.82, 2.24) is 4.98 Å². The van der Waals surface area contributed by atoms with Crippen LogP contribution < -0.4 is 28.7 Å². The van der Waals surface area contributed by atoms with Gasteiger partial charge in [-0.05, 0) is 0 Å². The topological polar surface area (TPSA) is 39.2 Å². The lowest BCUT2D eigenvalue weighted by Gasteiger charge is -2.24. The van der Waals surface area contributed by atoms with Crippen molar-refractivity contribution in [1.29, 1.82) is 0 Å². The van der Waals surface area contributed by atoms with Gasteiger partial charge in [0.25, 0.3) is 0 Å². The third-order valence-electron chi connectivity index (χ3n) is 4.57. The van der Waals surface area contributed by atoms with Crippen LogP contribution in [-0.2, 0) is 0 Å². The summed E-state index contributed by atoms with van der Waals surface area (Å²) in [6.45, 7) is 1.50. The molecule has 4 nitrogen and oxygen atoms in total. The Labute approximate surface area is 170 Å². The van der Waals surface area contributed by atoms with E-state index in [1.54, 1.807) is 6.20 Å². The van der Waals surface area contributed by atoms with Gasteiger partial charge < -0.3 is 33.2 Å². The number of benzene rings is 2. The first-order chi connectivity index (χ1) is 12.0. The molecule has 0 unspecified atom stereocenters. The largest absolute Gasteiger partial charge is 1.00 e. The smallest absolute Gasteiger partial charge is 0.194 e. The number of halogens is 1. The summed E-state index contributed by atoms with van der Waals surface area (Å²) < 4.78 is 6.84. The van der Waals surface area contributed by atoms with Crippen LogP contribution >= 0.6 is 0 Å². The van der Waals surface area contributed by atoms with Crippen molar-refractivity contribution < 1.29 is 38.0 Å². The predicted molar refractivity (Wildman–Crippen MR) is 99.0 cm³/mol. The number of ether oxygens (including phenoxy) is 1. The van der Waals surface area contributed by atoms with E-state index in [1.807, 2.05) is 42.5 Å². The Hall–Kier alpha value is -1.99. The molecule has 2 aromatic carbocycles. The maximum absolute atomic E-state index is 12.9. The van der Waals surface area contributed by atoms with E-state index in [9.17, 15) is 4.79 Å². The van der Waals surface area contributed by atoms with Gasteiger partial charge in [-0.15, -0.1) is 0 Å². The van der Waals surface area contributed by atoms with E-state index in [4.69, 9.17) is 4.74 Å². The van der Waals surface area contributed by atoms with Gasteiger partial charge in [0.15, 0.2) is 5.78 Å². The van der Waals surface area contributed by atoms with Crippen molar-refractivity contribution in [3.05, 3.63) is 59.8 Å². The summed E-state index contributed by atoms with van der Waals surface area (Å²) in [6, 6.07) is 13.5. The second kappa shape index (κ2) is 6.96. The number of carbonyl (C=O) groups is 1. The third kappa shape index (κ3) is 3.21. The van der Waals surface area contributed by atoms with Crippen molar-refractivity contribution in [3.63, 3.8) is 0 Å². The van der Waals surface area contributed by atoms with Crippen LogP contribution in [0.3, 0.4) is 0 Å². The number of carbonyl (C=O) groups excluding carboxylic acids is 1. The van der Waals surface area contributed by atoms with E-state index in [-0.39, 0.29) is 29.8 Å². The van der Waals surface area contributed by atoms with Gasteiger partial charge in [-0.2, -0.15) is 0 Å². The minimum absolute atomic E-state index is 0. The van der Waals surface area contributed by atoms with Crippen molar-refractivity contribution in [3.8, 4) is 17.0 Å². The highest BCUT2D eigenvalue weighted by atomic mass is 127. The second-order valence-electron chi connectivity index (χ2n) is 7.44. The molecule has 0 aliphatic heterocycles. The molecular formula is C21H21IN2O2. The SMILES string of the molecule is C[N+](C)(C)CCOc1cnc2c3c(cccc13)C(=O)c1ccccc1-2.[I-]. The lowest BCUT2D eigenvalue weighted by molar-refractivity contribution is -0.870. The molecule has 26 heavy (non-hydrogen) atoms. The summed E-state index contributed by atoms with van der Waals surface area (Å²) in [6.07, 6.45) is 1.78. The van der Waals surface area contributed by atoms with Crippen molar-refractivity contribution in [2.45, 2.75) is 0 Å². The third-order valence-corrected chi connectivity index (χ3v) is 4.57. The Bertz CT molecular complexity index is 993. The summed E-state index contributed by atoms with van der Waals surface area (Å²) >= 11 is 0. The Morgan fingerprint density at radius 3 is 2.38 bits per heavy atom. The number of rotatable bonds is 4. The van der Waals surface area contributed by atoms with Gasteiger partial charge in [-0.25, -0.2) is 0 Å². The molecule has 0 radical (unpaired) electrons. The summed E-state index contributed by atoms with van der Waals surface area (Å²) in [5.74, 6) is 0.792. The number of likely N-dealkylation sites (N-methyl/N-ethyl adjacent to an activating group) is 1. The highest BCUT2D eigenvalue weighted by Crippen LogP contribution is 2.40. The predicted octanol–water partition coefficient (Wildman–Crippen LogP) is 0.535. The van der Waals surface area contributed by atoms with E-state index >= 15 is 0 Å². The highest BCUT2D eigenvalue weighted by molar-refractivity contribution is 6.25. The zero-order chi connectivity index (χ0) is 17.6. The van der Waals surface area contributed by atoms with Crippen LogP contribution in [0.5, 0.6) is 5.75 Å². The average Bonchev–Trinajstić information content (AvgIpc) is 2.59. The molecule has 0 atom stereocenters. The molecule has 1 aromatic heterocycles. The quantitative estimate of drug-likeness (QED) is 0.330. The van der Waals surface area contributed by atoms with Crippen molar-refractivity contribution in [2.24, 2.45) is 0 Å². The fourth-order valence-electron chi connectivity index (χ4n) is 3.24. The number of ketones is 1. The maximum atomic E-state index is 12.9. The summed E-state index contributed by atoms with van der Waals surface area (Å²) in [5.41, 5.74) is 3.18. The molecule has 0 saturated heterocycles. The van der Waals surface area contributed by atoms with Gasteiger partial charge in [-0.1, -0.05) is 42.5 Å². The Balaban J connectivity index is 0.00000196. The molecule has 0 spiro atoms. The van der Waals surface area contributed by atoms with E-state index in [1.165, 1.54) is 0 Å². The van der Waals surface area contributed by atoms with Crippen LogP contribution in [0.25, 0.3) is 22.0 Å². The standard InChI is InChI=1S/C21H21N2O2.HI/c1-23(2,3)11-12-25-18-13-22-20-14-7-4-5-8-15(14)21(24)17-10-6-9-16(18)19(17)20;/h4-10,13H,11-12H2,1-3H3;1H/q+1;/p-1. The lowest BCUT2D eigenvalue weighted by Crippen LogP contribution is -3.00. The van der Waals surface area contributed by atoms with E-state index in [2.05, 4.69) is 26.1 Å². The van der Waals surface area contributed by atoms with Gasteiger partial charge >= 0.3 is 0 Å². The molecule has 0 fully saturated rings. The molecule has 1 aliphatic rings. The monoisotopic (exact) mass is 460 g/mol. The van der Waals surface area contributed by atoms with E-state index in [0.29, 0.717) is 17.7 Å². The van der Waals surface area contributed by atoms with Crippen LogP contribution in [0.4, 0.5) is 0 Å². The Morgan fingerprint density at radius 2 is 1.65 bits per heavy atom. The molecule has 1 heterocycles. The van der Waals surface area contributed by atoms with Gasteiger partial charge in [0.1, 0.15) is 18.9 Å². The normalized spacial score (nSPS) is 12.5. The van der Waals surface area contributed by atoms with E-state index in [0.717, 1.165) is 38.8 Å². The first-order valence-corrected chi connectivity index (χ1v) is 8.45. The number of aromatic nitrogens is 1. The Morgan fingerprint density at radius 1 is 0.962 bits per heavy atom. The van der Waals surface area contributed by atoms with Crippen LogP contribution in [0.2, 0.25) is 0 Å². The minimum Gasteiger partial charge on any atom is -1.00 e. The van der Waals surface area contributed by atoms with Gasteiger partial charge in [-0.3, -0.25) is 9.78 Å². The van der Waals surface area contributed by atoms with E-state index < -0.39 is 0 Å². The number of hydrogen-bond donors (Lipinski definition) is 0. The van der Waals surface area contributed by atoms with Crippen molar-refractivity contribution >= 4 is 16.6 Å². The lowest BCUT2D eigenvalue weighted by atomic mass is 9.85. The fourth-order valence-corrected chi connectivity index (χ4v) is 3.24. The molecule has 134 valence electrons. The molecular weight excluding hydrogens is 439 g/mol. The minimum atomic E-state index is 0. The van der Waals surface area contributed by atoms with Crippen LogP contribution in [0, 0.1) is 0 Å². The molecule has 1 aliphatic carbocycles. The zero-order valence-electron chi connectivity index (χ0n) is 15.1. The number of fused-ring (bicyclic) bond motifs is 2. The van der Waals surface area contributed by atoms with Gasteiger partial charge in [0.05, 0.1) is 33.0 Å². The first kappa shape index (κ1) is 18.8. The molecule has 0 amide bonds. The van der Waals surface area contributed by atoms with Gasteiger partial charge in [0, 0.05) is 27.5 Å². The maximum Gasteiger partial charge on any atom is 0.194 e. The molecule has 5 heteroatoms. The number of pyridine rings is 1. The summed E-state index contributed by atoms with van der Waals surface area (Å²) in [7, 11) is 6.40. The van der Waals surface area contributed by atoms with Crippen LogP contribution in [-0.4, -0.2) is 49.5 Å². The molecule has 0 saturated carbocycles. The summed E-state index contributed by atoms with van der Waals surface area (Å²) in [4.78, 5) is 17.5. The van der Waals surface area contributed by atoms with Crippen molar-refractivity contribution in [2.75, 3.05) is 34.3 Å². The van der Waals surface area contributed by atoms with Crippen LogP contribution in [0.15, 0.2) is 48.7 Å². The molecule has 4 rings (SSSR count). The first-order valence-electron chi connectivity index (χ1n) is 8.45. The number of quaternary nitrogens is 1. The fraction of sp³-hybridized carbons (Fsp3) is 0.238. The number of hydrogen-bond acceptors (Lipinski definition) is 3.